The molecule has 0 fully saturated rings. The van der Waals surface area contributed by atoms with Crippen molar-refractivity contribution in [3.8, 4) is 0 Å². The summed E-state index contributed by atoms with van der Waals surface area (Å²) in [6, 6.07) is 1.85. The number of amides is 1. The second-order valence-corrected chi connectivity index (χ2v) is 5.43. The first-order valence-corrected chi connectivity index (χ1v) is 6.21. The summed E-state index contributed by atoms with van der Waals surface area (Å²) in [4.78, 5) is 22.5. The summed E-state index contributed by atoms with van der Waals surface area (Å²) in [6.45, 7) is 5.63. The number of ether oxygens (including phenoxy) is 1. The van der Waals surface area contributed by atoms with Crippen LogP contribution in [0, 0.1) is 5.92 Å². The number of aryl methyl sites for hydroxylation is 1. The molecule has 0 radical (unpaired) electrons. The SMILES string of the molecule is Cn1nccc1C[C@H](C=O)CNC(=O)OC(C)(C)C. The molecule has 0 bridgehead atoms. The third-order valence-corrected chi connectivity index (χ3v) is 2.49. The number of carbonyl (C=O) groups is 2. The number of hydrogen-bond acceptors (Lipinski definition) is 4. The van der Waals surface area contributed by atoms with Crippen molar-refractivity contribution in [1.82, 2.24) is 15.1 Å². The first kappa shape index (κ1) is 15.2. The second kappa shape index (κ2) is 6.36. The Morgan fingerprint density at radius 2 is 2.26 bits per heavy atom. The maximum absolute atomic E-state index is 11.5. The van der Waals surface area contributed by atoms with Gasteiger partial charge in [0.05, 0.1) is 0 Å². The van der Waals surface area contributed by atoms with E-state index in [0.29, 0.717) is 6.42 Å². The van der Waals surface area contributed by atoms with Gasteiger partial charge in [0, 0.05) is 37.8 Å². The predicted molar refractivity (Wildman–Crippen MR) is 70.7 cm³/mol. The van der Waals surface area contributed by atoms with E-state index in [2.05, 4.69) is 10.4 Å². The normalized spacial score (nSPS) is 12.8. The lowest BCUT2D eigenvalue weighted by Gasteiger charge is -2.20. The fourth-order valence-corrected chi connectivity index (χ4v) is 1.57. The van der Waals surface area contributed by atoms with Gasteiger partial charge >= 0.3 is 6.09 Å². The highest BCUT2D eigenvalue weighted by Gasteiger charge is 2.18. The Balaban J connectivity index is 2.43. The third-order valence-electron chi connectivity index (χ3n) is 2.49. The van der Waals surface area contributed by atoms with Crippen molar-refractivity contribution in [2.45, 2.75) is 32.8 Å². The molecule has 6 nitrogen and oxygen atoms in total. The van der Waals surface area contributed by atoms with Gasteiger partial charge < -0.3 is 14.8 Å². The molecule has 0 aliphatic rings. The monoisotopic (exact) mass is 267 g/mol. The minimum absolute atomic E-state index is 0.254. The van der Waals surface area contributed by atoms with E-state index >= 15 is 0 Å². The minimum Gasteiger partial charge on any atom is -0.444 e. The quantitative estimate of drug-likeness (QED) is 0.816. The summed E-state index contributed by atoms with van der Waals surface area (Å²) in [5.41, 5.74) is 0.408. The number of carbonyl (C=O) groups excluding carboxylic acids is 2. The molecule has 0 unspecified atom stereocenters. The molecule has 1 heterocycles. The van der Waals surface area contributed by atoms with Crippen molar-refractivity contribution < 1.29 is 14.3 Å². The maximum atomic E-state index is 11.5. The molecule has 1 amide bonds. The van der Waals surface area contributed by atoms with Gasteiger partial charge in [0.15, 0.2) is 0 Å². The van der Waals surface area contributed by atoms with E-state index in [9.17, 15) is 9.59 Å². The molecule has 1 rings (SSSR count). The number of aromatic nitrogens is 2. The lowest BCUT2D eigenvalue weighted by atomic mass is 10.1. The van der Waals surface area contributed by atoms with Gasteiger partial charge in [-0.3, -0.25) is 4.68 Å². The molecule has 19 heavy (non-hydrogen) atoms. The molecule has 1 atom stereocenters. The molecule has 1 aromatic heterocycles. The van der Waals surface area contributed by atoms with Gasteiger partial charge in [-0.05, 0) is 26.8 Å². The van der Waals surface area contributed by atoms with E-state index in [4.69, 9.17) is 4.74 Å². The summed E-state index contributed by atoms with van der Waals surface area (Å²) in [6.07, 6.45) is 2.54. The fourth-order valence-electron chi connectivity index (χ4n) is 1.57. The van der Waals surface area contributed by atoms with Crippen LogP contribution in [0.25, 0.3) is 0 Å². The fraction of sp³-hybridized carbons (Fsp3) is 0.615. The van der Waals surface area contributed by atoms with Gasteiger partial charge in [-0.15, -0.1) is 0 Å². The van der Waals surface area contributed by atoms with Crippen molar-refractivity contribution >= 4 is 12.4 Å². The topological polar surface area (TPSA) is 73.2 Å². The van der Waals surface area contributed by atoms with Crippen molar-refractivity contribution in [1.29, 1.82) is 0 Å². The number of aldehydes is 1. The number of hydrogen-bond donors (Lipinski definition) is 1. The van der Waals surface area contributed by atoms with E-state index in [1.807, 2.05) is 13.1 Å². The second-order valence-electron chi connectivity index (χ2n) is 5.43. The van der Waals surface area contributed by atoms with Crippen molar-refractivity contribution in [3.05, 3.63) is 18.0 Å². The molecule has 0 saturated heterocycles. The van der Waals surface area contributed by atoms with E-state index in [1.54, 1.807) is 31.6 Å². The molecular weight excluding hydrogens is 246 g/mol. The molecule has 0 aromatic carbocycles. The minimum atomic E-state index is -0.539. The zero-order chi connectivity index (χ0) is 14.5. The van der Waals surface area contributed by atoms with Crippen LogP contribution in [0.5, 0.6) is 0 Å². The van der Waals surface area contributed by atoms with Crippen LogP contribution in [0.2, 0.25) is 0 Å². The first-order valence-electron chi connectivity index (χ1n) is 6.21. The van der Waals surface area contributed by atoms with Crippen LogP contribution in [-0.4, -0.2) is 34.3 Å². The zero-order valence-corrected chi connectivity index (χ0v) is 11.8. The summed E-state index contributed by atoms with van der Waals surface area (Å²) < 4.78 is 6.82. The number of nitrogens with zero attached hydrogens (tertiary/aromatic N) is 2. The van der Waals surface area contributed by atoms with E-state index in [1.165, 1.54) is 0 Å². The van der Waals surface area contributed by atoms with Gasteiger partial charge in [0.1, 0.15) is 11.9 Å². The Hall–Kier alpha value is -1.85. The Bertz CT molecular complexity index is 435. The zero-order valence-electron chi connectivity index (χ0n) is 11.8. The Labute approximate surface area is 113 Å². The molecule has 1 aromatic rings. The smallest absolute Gasteiger partial charge is 0.407 e. The van der Waals surface area contributed by atoms with Crippen molar-refractivity contribution in [2.75, 3.05) is 6.54 Å². The van der Waals surface area contributed by atoms with Crippen LogP contribution in [0.4, 0.5) is 4.79 Å². The lowest BCUT2D eigenvalue weighted by molar-refractivity contribution is -0.110. The van der Waals surface area contributed by atoms with Gasteiger partial charge in [0.2, 0.25) is 0 Å². The Morgan fingerprint density at radius 3 is 2.74 bits per heavy atom. The van der Waals surface area contributed by atoms with Gasteiger partial charge in [0.25, 0.3) is 0 Å². The summed E-state index contributed by atoms with van der Waals surface area (Å²) in [5, 5.41) is 6.64. The van der Waals surface area contributed by atoms with Gasteiger partial charge in [-0.1, -0.05) is 0 Å². The third kappa shape index (κ3) is 5.54. The molecule has 0 aliphatic carbocycles. The molecule has 0 saturated carbocycles. The highest BCUT2D eigenvalue weighted by molar-refractivity contribution is 5.68. The first-order chi connectivity index (χ1) is 8.81. The van der Waals surface area contributed by atoms with Crippen LogP contribution < -0.4 is 5.32 Å². The van der Waals surface area contributed by atoms with Gasteiger partial charge in [-0.25, -0.2) is 4.79 Å². The molecule has 0 aliphatic heterocycles. The largest absolute Gasteiger partial charge is 0.444 e. The van der Waals surface area contributed by atoms with E-state index in [0.717, 1.165) is 12.0 Å². The summed E-state index contributed by atoms with van der Waals surface area (Å²) >= 11 is 0. The van der Waals surface area contributed by atoms with Crippen LogP contribution in [0.1, 0.15) is 26.5 Å². The van der Waals surface area contributed by atoms with Crippen LogP contribution in [0.3, 0.4) is 0 Å². The average Bonchev–Trinajstić information content (AvgIpc) is 2.67. The van der Waals surface area contributed by atoms with Crippen LogP contribution >= 0.6 is 0 Å². The molecule has 1 N–H and O–H groups in total. The Morgan fingerprint density at radius 1 is 1.58 bits per heavy atom. The maximum Gasteiger partial charge on any atom is 0.407 e. The summed E-state index contributed by atoms with van der Waals surface area (Å²) in [5.74, 6) is -0.289. The van der Waals surface area contributed by atoms with Crippen molar-refractivity contribution in [2.24, 2.45) is 13.0 Å². The standard InChI is InChI=1S/C13H21N3O3/c1-13(2,3)19-12(18)14-8-10(9-17)7-11-5-6-15-16(11)4/h5-6,9-10H,7-8H2,1-4H3,(H,14,18)/t10-/m0/s1. The highest BCUT2D eigenvalue weighted by Crippen LogP contribution is 2.08. The number of alkyl carbamates (subject to hydrolysis) is 1. The average molecular weight is 267 g/mol. The highest BCUT2D eigenvalue weighted by atomic mass is 16.6. The predicted octanol–water partition coefficient (Wildman–Crippen LogP) is 1.30. The van der Waals surface area contributed by atoms with Crippen LogP contribution in [0.15, 0.2) is 12.3 Å². The number of rotatable bonds is 5. The van der Waals surface area contributed by atoms with E-state index < -0.39 is 11.7 Å². The summed E-state index contributed by atoms with van der Waals surface area (Å²) in [7, 11) is 1.82. The molecular formula is C13H21N3O3. The van der Waals surface area contributed by atoms with Crippen LogP contribution in [-0.2, 0) is 23.0 Å². The lowest BCUT2D eigenvalue weighted by Crippen LogP contribution is -2.36. The molecule has 6 heteroatoms. The van der Waals surface area contributed by atoms with E-state index in [-0.39, 0.29) is 12.5 Å². The Kier molecular flexibility index (Phi) is 5.09. The van der Waals surface area contributed by atoms with Gasteiger partial charge in [-0.2, -0.15) is 5.10 Å². The molecule has 0 spiro atoms. The van der Waals surface area contributed by atoms with Crippen molar-refractivity contribution in [3.63, 3.8) is 0 Å². The molecule has 106 valence electrons. The number of nitrogens with one attached hydrogen (secondary N) is 1.